The third-order valence-corrected chi connectivity index (χ3v) is 6.26. The number of amides is 1. The number of sulfone groups is 1. The normalized spacial score (nSPS) is 19.9. The fourth-order valence-corrected chi connectivity index (χ4v) is 4.80. The van der Waals surface area contributed by atoms with Gasteiger partial charge in [0.15, 0.2) is 9.84 Å². The van der Waals surface area contributed by atoms with E-state index in [2.05, 4.69) is 10.6 Å². The van der Waals surface area contributed by atoms with Gasteiger partial charge < -0.3 is 5.32 Å². The molecule has 1 amide bonds. The lowest BCUT2D eigenvalue weighted by molar-refractivity contribution is -0.137. The molecular weight excluding hydrogens is 393 g/mol. The van der Waals surface area contributed by atoms with E-state index >= 15 is 0 Å². The highest BCUT2D eigenvalue weighted by Crippen LogP contribution is 2.31. The molecule has 2 N–H and O–H groups in total. The van der Waals surface area contributed by atoms with Crippen LogP contribution in [0.1, 0.15) is 23.6 Å². The molecule has 3 rings (SSSR count). The molecule has 0 bridgehead atoms. The van der Waals surface area contributed by atoms with Crippen molar-refractivity contribution in [2.45, 2.75) is 24.7 Å². The zero-order valence-electron chi connectivity index (χ0n) is 14.7. The predicted molar refractivity (Wildman–Crippen MR) is 99.5 cm³/mol. The molecule has 9 heteroatoms. The second kappa shape index (κ2) is 7.92. The average Bonchev–Trinajstić information content (AvgIpc) is 2.98. The maximum atomic E-state index is 12.9. The first kappa shape index (κ1) is 20.3. The number of halogens is 3. The highest BCUT2D eigenvalue weighted by atomic mass is 32.2. The Kier molecular flexibility index (Phi) is 5.76. The van der Waals surface area contributed by atoms with Crippen molar-refractivity contribution in [1.29, 1.82) is 0 Å². The predicted octanol–water partition coefficient (Wildman–Crippen LogP) is 3.16. The molecule has 1 heterocycles. The standard InChI is InChI=1S/C19H19F3N2O3S/c20-19(21,22)14-7-4-8-15(11-14)24-18(25)17(13-5-2-1-3-6-13)23-16-9-10-28(26,27)12-16/h1-8,11,16-17,23H,9-10,12H2,(H,24,25)/t16-,17+/m0/s1. The van der Waals surface area contributed by atoms with Crippen LogP contribution in [-0.4, -0.2) is 31.9 Å². The lowest BCUT2D eigenvalue weighted by atomic mass is 10.0. The fourth-order valence-electron chi connectivity index (χ4n) is 3.12. The molecule has 0 unspecified atom stereocenters. The smallest absolute Gasteiger partial charge is 0.324 e. The van der Waals surface area contributed by atoms with Crippen LogP contribution in [0.15, 0.2) is 54.6 Å². The SMILES string of the molecule is O=C(Nc1cccc(C(F)(F)F)c1)[C@H](N[C@H]1CCS(=O)(=O)C1)c1ccccc1. The van der Waals surface area contributed by atoms with Gasteiger partial charge in [-0.3, -0.25) is 10.1 Å². The Hall–Kier alpha value is -2.39. The minimum atomic E-state index is -4.52. The van der Waals surface area contributed by atoms with Crippen LogP contribution in [0.25, 0.3) is 0 Å². The van der Waals surface area contributed by atoms with E-state index < -0.39 is 39.6 Å². The highest BCUT2D eigenvalue weighted by molar-refractivity contribution is 7.91. The summed E-state index contributed by atoms with van der Waals surface area (Å²) in [6.45, 7) is 0. The Bertz CT molecular complexity index is 946. The van der Waals surface area contributed by atoms with Gasteiger partial charge in [0.25, 0.3) is 0 Å². The molecule has 0 radical (unpaired) electrons. The highest BCUT2D eigenvalue weighted by Gasteiger charge is 2.33. The molecule has 0 aliphatic carbocycles. The maximum absolute atomic E-state index is 12.9. The van der Waals surface area contributed by atoms with Crippen LogP contribution in [0, 0.1) is 0 Å². The van der Waals surface area contributed by atoms with Gasteiger partial charge in [-0.2, -0.15) is 13.2 Å². The van der Waals surface area contributed by atoms with E-state index in [-0.39, 0.29) is 17.2 Å². The number of rotatable bonds is 5. The van der Waals surface area contributed by atoms with Crippen LogP contribution in [-0.2, 0) is 20.8 Å². The van der Waals surface area contributed by atoms with Crippen molar-refractivity contribution in [3.8, 4) is 0 Å². The van der Waals surface area contributed by atoms with Crippen LogP contribution in [0.5, 0.6) is 0 Å². The molecule has 2 atom stereocenters. The minimum Gasteiger partial charge on any atom is -0.324 e. The van der Waals surface area contributed by atoms with E-state index in [9.17, 15) is 26.4 Å². The summed E-state index contributed by atoms with van der Waals surface area (Å²) >= 11 is 0. The second-order valence-corrected chi connectivity index (χ2v) is 8.91. The molecular formula is C19H19F3N2O3S. The van der Waals surface area contributed by atoms with Crippen LogP contribution < -0.4 is 10.6 Å². The first-order valence-electron chi connectivity index (χ1n) is 8.64. The van der Waals surface area contributed by atoms with Crippen LogP contribution in [0.2, 0.25) is 0 Å². The van der Waals surface area contributed by atoms with Crippen molar-refractivity contribution in [3.05, 3.63) is 65.7 Å². The Morgan fingerprint density at radius 3 is 2.39 bits per heavy atom. The molecule has 0 spiro atoms. The maximum Gasteiger partial charge on any atom is 0.416 e. The number of alkyl halides is 3. The molecule has 0 aromatic heterocycles. The first-order valence-corrected chi connectivity index (χ1v) is 10.5. The number of carbonyl (C=O) groups is 1. The Morgan fingerprint density at radius 2 is 1.79 bits per heavy atom. The van der Waals surface area contributed by atoms with E-state index in [1.165, 1.54) is 12.1 Å². The quantitative estimate of drug-likeness (QED) is 0.791. The second-order valence-electron chi connectivity index (χ2n) is 6.68. The van der Waals surface area contributed by atoms with Gasteiger partial charge in [-0.1, -0.05) is 36.4 Å². The van der Waals surface area contributed by atoms with Crippen LogP contribution in [0.4, 0.5) is 18.9 Å². The number of anilines is 1. The zero-order valence-corrected chi connectivity index (χ0v) is 15.6. The lowest BCUT2D eigenvalue weighted by Crippen LogP contribution is -2.40. The summed E-state index contributed by atoms with van der Waals surface area (Å²) in [7, 11) is -3.15. The summed E-state index contributed by atoms with van der Waals surface area (Å²) in [5.74, 6) is -0.593. The fraction of sp³-hybridized carbons (Fsp3) is 0.316. The number of hydrogen-bond donors (Lipinski definition) is 2. The van der Waals surface area contributed by atoms with Crippen molar-refractivity contribution < 1.29 is 26.4 Å². The van der Waals surface area contributed by atoms with Gasteiger partial charge in [-0.05, 0) is 30.2 Å². The molecule has 1 fully saturated rings. The van der Waals surface area contributed by atoms with Gasteiger partial charge >= 0.3 is 6.18 Å². The zero-order chi connectivity index (χ0) is 20.4. The van der Waals surface area contributed by atoms with Crippen molar-refractivity contribution in [2.24, 2.45) is 0 Å². The molecule has 1 aliphatic rings. The van der Waals surface area contributed by atoms with Gasteiger partial charge in [-0.15, -0.1) is 0 Å². The van der Waals surface area contributed by atoms with E-state index in [1.807, 2.05) is 0 Å². The van der Waals surface area contributed by atoms with Crippen molar-refractivity contribution >= 4 is 21.4 Å². The molecule has 2 aromatic rings. The van der Waals surface area contributed by atoms with Crippen molar-refractivity contribution in [1.82, 2.24) is 5.32 Å². The first-order chi connectivity index (χ1) is 13.1. The van der Waals surface area contributed by atoms with Gasteiger partial charge in [0.1, 0.15) is 6.04 Å². The minimum absolute atomic E-state index is 0.0154. The van der Waals surface area contributed by atoms with Gasteiger partial charge in [0.05, 0.1) is 17.1 Å². The Morgan fingerprint density at radius 1 is 1.07 bits per heavy atom. The molecule has 1 saturated heterocycles. The van der Waals surface area contributed by atoms with Gasteiger partial charge in [0.2, 0.25) is 5.91 Å². The topological polar surface area (TPSA) is 75.3 Å². The summed E-state index contributed by atoms with van der Waals surface area (Å²) < 4.78 is 62.1. The van der Waals surface area contributed by atoms with E-state index in [0.717, 1.165) is 12.1 Å². The lowest BCUT2D eigenvalue weighted by Gasteiger charge is -2.22. The average molecular weight is 412 g/mol. The van der Waals surface area contributed by atoms with Gasteiger partial charge in [-0.25, -0.2) is 8.42 Å². The molecule has 1 aliphatic heterocycles. The van der Waals surface area contributed by atoms with E-state index in [0.29, 0.717) is 12.0 Å². The third-order valence-electron chi connectivity index (χ3n) is 4.49. The number of carbonyl (C=O) groups excluding carboxylic acids is 1. The molecule has 0 saturated carbocycles. The van der Waals surface area contributed by atoms with Crippen molar-refractivity contribution in [3.63, 3.8) is 0 Å². The third kappa shape index (κ3) is 5.11. The van der Waals surface area contributed by atoms with Crippen molar-refractivity contribution in [2.75, 3.05) is 16.8 Å². The molecule has 150 valence electrons. The number of benzene rings is 2. The summed E-state index contributed by atoms with van der Waals surface area (Å²) in [6.07, 6.45) is -4.14. The summed E-state index contributed by atoms with van der Waals surface area (Å²) in [6, 6.07) is 11.7. The summed E-state index contributed by atoms with van der Waals surface area (Å²) in [5.41, 5.74) is -0.255. The van der Waals surface area contributed by atoms with Crippen LogP contribution >= 0.6 is 0 Å². The largest absolute Gasteiger partial charge is 0.416 e. The summed E-state index contributed by atoms with van der Waals surface area (Å²) in [4.78, 5) is 12.8. The number of nitrogens with one attached hydrogen (secondary N) is 2. The van der Waals surface area contributed by atoms with Crippen LogP contribution in [0.3, 0.4) is 0 Å². The van der Waals surface area contributed by atoms with E-state index in [4.69, 9.17) is 0 Å². The monoisotopic (exact) mass is 412 g/mol. The number of hydrogen-bond acceptors (Lipinski definition) is 4. The Balaban J connectivity index is 1.81. The summed E-state index contributed by atoms with van der Waals surface area (Å²) in [5, 5.41) is 5.54. The van der Waals surface area contributed by atoms with E-state index in [1.54, 1.807) is 30.3 Å². The molecule has 5 nitrogen and oxygen atoms in total. The molecule has 2 aromatic carbocycles. The molecule has 28 heavy (non-hydrogen) atoms. The van der Waals surface area contributed by atoms with Gasteiger partial charge in [0, 0.05) is 11.7 Å². The Labute approximate surface area is 160 Å².